The fraction of sp³-hybridized carbons (Fsp3) is 0.333. The van der Waals surface area contributed by atoms with Gasteiger partial charge in [-0.15, -0.1) is 0 Å². The number of nitrogens with one attached hydrogen (secondary N) is 1. The molecule has 0 aliphatic rings. The molecule has 1 unspecified atom stereocenters. The second-order valence-corrected chi connectivity index (χ2v) is 4.75. The summed E-state index contributed by atoms with van der Waals surface area (Å²) in [6.07, 6.45) is 0. The van der Waals surface area contributed by atoms with Gasteiger partial charge in [0.15, 0.2) is 0 Å². The van der Waals surface area contributed by atoms with Gasteiger partial charge < -0.3 is 5.32 Å². The van der Waals surface area contributed by atoms with Gasteiger partial charge in [0, 0.05) is 0 Å². The van der Waals surface area contributed by atoms with E-state index in [2.05, 4.69) is 15.5 Å². The van der Waals surface area contributed by atoms with Crippen LogP contribution in [0.15, 0.2) is 24.3 Å². The van der Waals surface area contributed by atoms with Gasteiger partial charge in [-0.1, -0.05) is 6.07 Å². The van der Waals surface area contributed by atoms with Crippen molar-refractivity contribution in [3.8, 4) is 0 Å². The monoisotopic (exact) mass is 259 g/mol. The average molecular weight is 259 g/mol. The van der Waals surface area contributed by atoms with Crippen molar-refractivity contribution in [2.45, 2.75) is 26.8 Å². The lowest BCUT2D eigenvalue weighted by molar-refractivity contribution is 0.620. The van der Waals surface area contributed by atoms with E-state index in [0.717, 1.165) is 28.1 Å². The number of hydrogen-bond donors (Lipinski definition) is 1. The van der Waals surface area contributed by atoms with Crippen LogP contribution in [-0.4, -0.2) is 17.2 Å². The van der Waals surface area contributed by atoms with Crippen molar-refractivity contribution < 1.29 is 4.39 Å². The first-order valence-corrected chi connectivity index (χ1v) is 6.27. The fourth-order valence-electron chi connectivity index (χ4n) is 2.30. The van der Waals surface area contributed by atoms with Crippen LogP contribution in [0.1, 0.15) is 34.1 Å². The Morgan fingerprint density at radius 1 is 1.05 bits per heavy atom. The van der Waals surface area contributed by atoms with Gasteiger partial charge in [0.2, 0.25) is 0 Å². The molecule has 0 amide bonds. The molecule has 100 valence electrons. The zero-order valence-electron chi connectivity index (χ0n) is 11.7. The van der Waals surface area contributed by atoms with Gasteiger partial charge in [-0.2, -0.15) is 10.2 Å². The Morgan fingerprint density at radius 3 is 2.42 bits per heavy atom. The van der Waals surface area contributed by atoms with Crippen LogP contribution < -0.4 is 5.32 Å². The van der Waals surface area contributed by atoms with Gasteiger partial charge in [-0.3, -0.25) is 0 Å². The molecule has 0 radical (unpaired) electrons. The average Bonchev–Trinajstić information content (AvgIpc) is 2.36. The van der Waals surface area contributed by atoms with E-state index >= 15 is 0 Å². The van der Waals surface area contributed by atoms with Crippen molar-refractivity contribution in [2.24, 2.45) is 0 Å². The van der Waals surface area contributed by atoms with Crippen LogP contribution >= 0.6 is 0 Å². The molecule has 19 heavy (non-hydrogen) atoms. The Kier molecular flexibility index (Phi) is 3.90. The molecule has 1 atom stereocenters. The standard InChI is InChI=1S/C15H18FN3/c1-9-7-12(16)5-6-13(9)15(17-4)14-8-10(2)18-19-11(14)3/h5-8,15,17H,1-4H3. The molecule has 0 spiro atoms. The molecular formula is C15H18FN3. The maximum Gasteiger partial charge on any atom is 0.123 e. The number of nitrogens with zero attached hydrogens (tertiary/aromatic N) is 2. The Bertz CT molecular complexity index is 596. The van der Waals surface area contributed by atoms with Crippen LogP contribution in [0.4, 0.5) is 4.39 Å². The van der Waals surface area contributed by atoms with E-state index in [9.17, 15) is 4.39 Å². The van der Waals surface area contributed by atoms with Crippen molar-refractivity contribution >= 4 is 0 Å². The summed E-state index contributed by atoms with van der Waals surface area (Å²) in [5.74, 6) is -0.211. The van der Waals surface area contributed by atoms with Gasteiger partial charge in [0.25, 0.3) is 0 Å². The minimum absolute atomic E-state index is 0.00481. The van der Waals surface area contributed by atoms with Crippen molar-refractivity contribution in [1.82, 2.24) is 15.5 Å². The minimum Gasteiger partial charge on any atom is -0.309 e. The van der Waals surface area contributed by atoms with Crippen molar-refractivity contribution in [3.63, 3.8) is 0 Å². The smallest absolute Gasteiger partial charge is 0.123 e. The molecule has 1 aromatic carbocycles. The molecule has 0 aliphatic heterocycles. The Labute approximate surface area is 112 Å². The lowest BCUT2D eigenvalue weighted by atomic mass is 9.94. The fourth-order valence-corrected chi connectivity index (χ4v) is 2.30. The third-order valence-electron chi connectivity index (χ3n) is 3.28. The van der Waals surface area contributed by atoms with Crippen LogP contribution in [0.2, 0.25) is 0 Å². The van der Waals surface area contributed by atoms with Crippen LogP contribution in [0.3, 0.4) is 0 Å². The number of hydrogen-bond acceptors (Lipinski definition) is 3. The second-order valence-electron chi connectivity index (χ2n) is 4.75. The highest BCUT2D eigenvalue weighted by Crippen LogP contribution is 2.26. The van der Waals surface area contributed by atoms with Gasteiger partial charge in [0.1, 0.15) is 5.82 Å². The van der Waals surface area contributed by atoms with Crippen LogP contribution in [0.5, 0.6) is 0 Å². The molecular weight excluding hydrogens is 241 g/mol. The highest BCUT2D eigenvalue weighted by atomic mass is 19.1. The van der Waals surface area contributed by atoms with Gasteiger partial charge in [-0.25, -0.2) is 4.39 Å². The van der Waals surface area contributed by atoms with Gasteiger partial charge in [-0.05, 0) is 62.7 Å². The predicted molar refractivity (Wildman–Crippen MR) is 73.5 cm³/mol. The Hall–Kier alpha value is -1.81. The van der Waals surface area contributed by atoms with Crippen molar-refractivity contribution in [3.05, 3.63) is 58.2 Å². The summed E-state index contributed by atoms with van der Waals surface area (Å²) < 4.78 is 13.2. The van der Waals surface area contributed by atoms with E-state index in [-0.39, 0.29) is 11.9 Å². The van der Waals surface area contributed by atoms with E-state index in [1.807, 2.05) is 40.0 Å². The zero-order chi connectivity index (χ0) is 14.0. The molecule has 1 aromatic heterocycles. The number of aryl methyl sites for hydroxylation is 3. The summed E-state index contributed by atoms with van der Waals surface area (Å²) >= 11 is 0. The van der Waals surface area contributed by atoms with E-state index in [1.165, 1.54) is 6.07 Å². The summed E-state index contributed by atoms with van der Waals surface area (Å²) in [6, 6.07) is 6.88. The summed E-state index contributed by atoms with van der Waals surface area (Å²) in [5.41, 5.74) is 4.81. The first-order valence-electron chi connectivity index (χ1n) is 6.27. The molecule has 4 heteroatoms. The first kappa shape index (κ1) is 13.6. The summed E-state index contributed by atoms with van der Waals surface area (Å²) in [6.45, 7) is 5.77. The van der Waals surface area contributed by atoms with E-state index < -0.39 is 0 Å². The molecule has 1 N–H and O–H groups in total. The maximum atomic E-state index is 13.2. The molecule has 0 saturated heterocycles. The summed E-state index contributed by atoms with van der Waals surface area (Å²) in [4.78, 5) is 0. The van der Waals surface area contributed by atoms with E-state index in [4.69, 9.17) is 0 Å². The predicted octanol–water partition coefficient (Wildman–Crippen LogP) is 2.85. The lowest BCUT2D eigenvalue weighted by Crippen LogP contribution is -2.20. The van der Waals surface area contributed by atoms with Crippen LogP contribution in [0, 0.1) is 26.6 Å². The number of aromatic nitrogens is 2. The SMILES string of the molecule is CNC(c1ccc(F)cc1C)c1cc(C)nnc1C. The molecule has 0 aliphatic carbocycles. The van der Waals surface area contributed by atoms with Crippen LogP contribution in [-0.2, 0) is 0 Å². The highest BCUT2D eigenvalue weighted by Gasteiger charge is 2.17. The Morgan fingerprint density at radius 2 is 1.79 bits per heavy atom. The summed E-state index contributed by atoms with van der Waals surface area (Å²) in [7, 11) is 1.89. The van der Waals surface area contributed by atoms with Gasteiger partial charge >= 0.3 is 0 Å². The molecule has 2 rings (SSSR count). The molecule has 0 fully saturated rings. The van der Waals surface area contributed by atoms with Gasteiger partial charge in [0.05, 0.1) is 17.4 Å². The third-order valence-corrected chi connectivity index (χ3v) is 3.28. The lowest BCUT2D eigenvalue weighted by Gasteiger charge is -2.21. The largest absolute Gasteiger partial charge is 0.309 e. The topological polar surface area (TPSA) is 37.8 Å². The summed E-state index contributed by atoms with van der Waals surface area (Å²) in [5, 5.41) is 11.5. The molecule has 2 aromatic rings. The molecule has 3 nitrogen and oxygen atoms in total. The zero-order valence-corrected chi connectivity index (χ0v) is 11.7. The Balaban J connectivity index is 2.52. The number of benzene rings is 1. The number of rotatable bonds is 3. The first-order chi connectivity index (χ1) is 9.02. The molecule has 0 bridgehead atoms. The van der Waals surface area contributed by atoms with E-state index in [0.29, 0.717) is 0 Å². The minimum atomic E-state index is -0.211. The third kappa shape index (κ3) is 2.79. The normalized spacial score (nSPS) is 12.5. The van der Waals surface area contributed by atoms with Crippen molar-refractivity contribution in [2.75, 3.05) is 7.05 Å². The van der Waals surface area contributed by atoms with Crippen LogP contribution in [0.25, 0.3) is 0 Å². The molecule has 0 saturated carbocycles. The maximum absolute atomic E-state index is 13.2. The second kappa shape index (κ2) is 5.45. The van der Waals surface area contributed by atoms with E-state index in [1.54, 1.807) is 6.07 Å². The van der Waals surface area contributed by atoms with Crippen molar-refractivity contribution in [1.29, 1.82) is 0 Å². The molecule has 1 heterocycles. The highest BCUT2D eigenvalue weighted by molar-refractivity contribution is 5.38. The quantitative estimate of drug-likeness (QED) is 0.921. The number of halogens is 1.